The summed E-state index contributed by atoms with van der Waals surface area (Å²) in [5, 5.41) is 11.7. The van der Waals surface area contributed by atoms with Gasteiger partial charge in [0.25, 0.3) is 5.91 Å². The van der Waals surface area contributed by atoms with Gasteiger partial charge in [0.15, 0.2) is 0 Å². The Hall–Kier alpha value is -2.37. The molecule has 0 aliphatic heterocycles. The largest absolute Gasteiger partial charge is 0.480 e. The number of rotatable bonds is 8. The maximum atomic E-state index is 12.7. The lowest BCUT2D eigenvalue weighted by Crippen LogP contribution is -2.52. The molecule has 0 bridgehead atoms. The summed E-state index contributed by atoms with van der Waals surface area (Å²) >= 11 is 0. The zero-order valence-electron chi connectivity index (χ0n) is 14.7. The molecule has 0 heterocycles. The van der Waals surface area contributed by atoms with Crippen LogP contribution in [0.3, 0.4) is 0 Å². The Labute approximate surface area is 142 Å². The molecule has 0 aromatic heterocycles. The lowest BCUT2D eigenvalue weighted by molar-refractivity contribution is -0.145. The van der Waals surface area contributed by atoms with Gasteiger partial charge in [0.1, 0.15) is 12.6 Å². The SMILES string of the molecule is CCCN(CC(=O)O)C(=O)C(NC(=O)c1cccc(C)c1)C(C)C. The quantitative estimate of drug-likeness (QED) is 0.762. The van der Waals surface area contributed by atoms with Crippen molar-refractivity contribution >= 4 is 17.8 Å². The highest BCUT2D eigenvalue weighted by molar-refractivity contribution is 5.98. The molecule has 1 aromatic carbocycles. The number of nitrogens with one attached hydrogen (secondary N) is 1. The second-order valence-corrected chi connectivity index (χ2v) is 6.22. The summed E-state index contributed by atoms with van der Waals surface area (Å²) in [6, 6.07) is 6.34. The maximum absolute atomic E-state index is 12.7. The minimum absolute atomic E-state index is 0.153. The molecule has 1 atom stereocenters. The molecule has 0 fully saturated rings. The van der Waals surface area contributed by atoms with Gasteiger partial charge in [-0.15, -0.1) is 0 Å². The summed E-state index contributed by atoms with van der Waals surface area (Å²) in [5.41, 5.74) is 1.43. The van der Waals surface area contributed by atoms with E-state index in [-0.39, 0.29) is 24.3 Å². The number of hydrogen-bond acceptors (Lipinski definition) is 3. The summed E-state index contributed by atoms with van der Waals surface area (Å²) in [6.45, 7) is 7.38. The fourth-order valence-electron chi connectivity index (χ4n) is 2.42. The van der Waals surface area contributed by atoms with Crippen LogP contribution in [0.15, 0.2) is 24.3 Å². The van der Waals surface area contributed by atoms with E-state index in [2.05, 4.69) is 5.32 Å². The van der Waals surface area contributed by atoms with E-state index < -0.39 is 12.0 Å². The topological polar surface area (TPSA) is 86.7 Å². The first-order chi connectivity index (χ1) is 11.3. The molecular formula is C18H26N2O4. The molecule has 0 aliphatic carbocycles. The molecule has 2 amide bonds. The summed E-state index contributed by atoms with van der Waals surface area (Å²) < 4.78 is 0. The third-order valence-electron chi connectivity index (χ3n) is 3.63. The van der Waals surface area contributed by atoms with Gasteiger partial charge in [-0.2, -0.15) is 0 Å². The fraction of sp³-hybridized carbons (Fsp3) is 0.500. The van der Waals surface area contributed by atoms with Crippen molar-refractivity contribution in [2.45, 2.75) is 40.2 Å². The molecular weight excluding hydrogens is 308 g/mol. The number of amides is 2. The Morgan fingerprint density at radius 3 is 2.42 bits per heavy atom. The van der Waals surface area contributed by atoms with Crippen LogP contribution in [0.2, 0.25) is 0 Å². The molecule has 0 saturated heterocycles. The van der Waals surface area contributed by atoms with Crippen molar-refractivity contribution in [2.24, 2.45) is 5.92 Å². The molecule has 132 valence electrons. The van der Waals surface area contributed by atoms with Gasteiger partial charge in [0.2, 0.25) is 5.91 Å². The molecule has 2 N–H and O–H groups in total. The third kappa shape index (κ3) is 5.68. The van der Waals surface area contributed by atoms with Gasteiger partial charge < -0.3 is 15.3 Å². The average Bonchev–Trinajstić information content (AvgIpc) is 2.50. The lowest BCUT2D eigenvalue weighted by Gasteiger charge is -2.28. The molecule has 1 unspecified atom stereocenters. The molecule has 0 radical (unpaired) electrons. The molecule has 1 rings (SSSR count). The van der Waals surface area contributed by atoms with E-state index in [1.54, 1.807) is 18.2 Å². The third-order valence-corrected chi connectivity index (χ3v) is 3.63. The Balaban J connectivity index is 2.94. The number of carboxylic acid groups (broad SMARTS) is 1. The number of nitrogens with zero attached hydrogens (tertiary/aromatic N) is 1. The van der Waals surface area contributed by atoms with Gasteiger partial charge >= 0.3 is 5.97 Å². The van der Waals surface area contributed by atoms with Crippen molar-refractivity contribution in [1.82, 2.24) is 10.2 Å². The van der Waals surface area contributed by atoms with Crippen LogP contribution in [0.5, 0.6) is 0 Å². The standard InChI is InChI=1S/C18H26N2O4/c1-5-9-20(11-15(21)22)18(24)16(12(2)3)19-17(23)14-8-6-7-13(4)10-14/h6-8,10,12,16H,5,9,11H2,1-4H3,(H,19,23)(H,21,22). The van der Waals surface area contributed by atoms with Gasteiger partial charge in [-0.25, -0.2) is 0 Å². The van der Waals surface area contributed by atoms with Gasteiger partial charge in [-0.05, 0) is 31.4 Å². The Bertz CT molecular complexity index is 598. The van der Waals surface area contributed by atoms with Crippen molar-refractivity contribution in [3.63, 3.8) is 0 Å². The van der Waals surface area contributed by atoms with Crippen LogP contribution in [0, 0.1) is 12.8 Å². The minimum Gasteiger partial charge on any atom is -0.480 e. The van der Waals surface area contributed by atoms with Crippen LogP contribution in [0.4, 0.5) is 0 Å². The van der Waals surface area contributed by atoms with Crippen molar-refractivity contribution in [3.05, 3.63) is 35.4 Å². The van der Waals surface area contributed by atoms with Crippen molar-refractivity contribution in [3.8, 4) is 0 Å². The van der Waals surface area contributed by atoms with Crippen LogP contribution in [0.25, 0.3) is 0 Å². The highest BCUT2D eigenvalue weighted by Gasteiger charge is 2.29. The second-order valence-electron chi connectivity index (χ2n) is 6.22. The predicted molar refractivity (Wildman–Crippen MR) is 91.8 cm³/mol. The van der Waals surface area contributed by atoms with Crippen molar-refractivity contribution in [2.75, 3.05) is 13.1 Å². The fourth-order valence-corrected chi connectivity index (χ4v) is 2.42. The molecule has 0 aliphatic rings. The van der Waals surface area contributed by atoms with E-state index in [9.17, 15) is 14.4 Å². The summed E-state index contributed by atoms with van der Waals surface area (Å²) in [7, 11) is 0. The van der Waals surface area contributed by atoms with Crippen molar-refractivity contribution < 1.29 is 19.5 Å². The van der Waals surface area contributed by atoms with E-state index in [0.717, 1.165) is 5.56 Å². The molecule has 6 heteroatoms. The Morgan fingerprint density at radius 2 is 1.92 bits per heavy atom. The number of benzene rings is 1. The first-order valence-corrected chi connectivity index (χ1v) is 8.14. The van der Waals surface area contributed by atoms with Crippen LogP contribution in [0.1, 0.15) is 43.1 Å². The normalized spacial score (nSPS) is 11.9. The lowest BCUT2D eigenvalue weighted by atomic mass is 10.0. The number of hydrogen-bond donors (Lipinski definition) is 2. The van der Waals surface area contributed by atoms with E-state index in [1.165, 1.54) is 4.90 Å². The van der Waals surface area contributed by atoms with Gasteiger partial charge in [-0.3, -0.25) is 14.4 Å². The number of carbonyl (C=O) groups is 3. The number of aryl methyl sites for hydroxylation is 1. The summed E-state index contributed by atoms with van der Waals surface area (Å²) in [5.74, 6) is -1.92. The predicted octanol–water partition coefficient (Wildman–Crippen LogP) is 2.07. The smallest absolute Gasteiger partial charge is 0.323 e. The first-order valence-electron chi connectivity index (χ1n) is 8.14. The van der Waals surface area contributed by atoms with E-state index in [0.29, 0.717) is 18.5 Å². The van der Waals surface area contributed by atoms with Gasteiger partial charge in [0.05, 0.1) is 0 Å². The number of carboxylic acids is 1. The highest BCUT2D eigenvalue weighted by Crippen LogP contribution is 2.10. The molecule has 24 heavy (non-hydrogen) atoms. The van der Waals surface area contributed by atoms with E-state index in [1.807, 2.05) is 33.8 Å². The van der Waals surface area contributed by atoms with Gasteiger partial charge in [0, 0.05) is 12.1 Å². The van der Waals surface area contributed by atoms with E-state index in [4.69, 9.17) is 5.11 Å². The Kier molecular flexibility index (Phi) is 7.42. The summed E-state index contributed by atoms with van der Waals surface area (Å²) in [4.78, 5) is 37.4. The zero-order chi connectivity index (χ0) is 18.3. The average molecular weight is 334 g/mol. The Morgan fingerprint density at radius 1 is 1.25 bits per heavy atom. The second kappa shape index (κ2) is 9.05. The van der Waals surface area contributed by atoms with Crippen molar-refractivity contribution in [1.29, 1.82) is 0 Å². The molecule has 6 nitrogen and oxygen atoms in total. The molecule has 1 aromatic rings. The first kappa shape index (κ1) is 19.7. The van der Waals surface area contributed by atoms with Crippen LogP contribution in [-0.2, 0) is 9.59 Å². The van der Waals surface area contributed by atoms with Crippen LogP contribution >= 0.6 is 0 Å². The van der Waals surface area contributed by atoms with Crippen LogP contribution in [-0.4, -0.2) is 46.9 Å². The molecule has 0 spiro atoms. The zero-order valence-corrected chi connectivity index (χ0v) is 14.7. The monoisotopic (exact) mass is 334 g/mol. The minimum atomic E-state index is -1.07. The summed E-state index contributed by atoms with van der Waals surface area (Å²) in [6.07, 6.45) is 0.648. The van der Waals surface area contributed by atoms with Crippen LogP contribution < -0.4 is 5.32 Å². The number of aliphatic carboxylic acids is 1. The maximum Gasteiger partial charge on any atom is 0.323 e. The molecule has 0 saturated carbocycles. The van der Waals surface area contributed by atoms with E-state index >= 15 is 0 Å². The highest BCUT2D eigenvalue weighted by atomic mass is 16.4. The van der Waals surface area contributed by atoms with Gasteiger partial charge in [-0.1, -0.05) is 38.5 Å². The number of carbonyl (C=O) groups excluding carboxylic acids is 2.